The molecule has 4 heterocycles. The molecule has 9 heteroatoms. The maximum absolute atomic E-state index is 14.2. The van der Waals surface area contributed by atoms with Gasteiger partial charge >= 0.3 is 5.97 Å². The molecule has 2 fully saturated rings. The van der Waals surface area contributed by atoms with Gasteiger partial charge in [0.15, 0.2) is 5.79 Å². The molecule has 0 aromatic carbocycles. The SMILES string of the molecule is CONC1=C(C)C(C(C)=CC(C)C)OC2(C1)CC1CC(CC=C(C)CC(C)C=CC=C3COC4C(O)C(C)=CC(C(=O)O1)C34O)O2. The number of hydroxylamine groups is 1. The summed E-state index contributed by atoms with van der Waals surface area (Å²) in [4.78, 5) is 19.5. The summed E-state index contributed by atoms with van der Waals surface area (Å²) in [5.74, 6) is -2.11. The Morgan fingerprint density at radius 3 is 2.67 bits per heavy atom. The Bertz CT molecular complexity index is 1360. The van der Waals surface area contributed by atoms with Crippen LogP contribution in [0.4, 0.5) is 0 Å². The van der Waals surface area contributed by atoms with E-state index in [9.17, 15) is 15.0 Å². The Hall–Kier alpha value is -2.53. The van der Waals surface area contributed by atoms with Crippen molar-refractivity contribution in [3.63, 3.8) is 0 Å². The molecule has 46 heavy (non-hydrogen) atoms. The number of carbonyl (C=O) groups is 1. The van der Waals surface area contributed by atoms with Crippen molar-refractivity contribution in [1.82, 2.24) is 5.48 Å². The van der Waals surface area contributed by atoms with Crippen molar-refractivity contribution < 1.29 is 38.8 Å². The van der Waals surface area contributed by atoms with E-state index in [4.69, 9.17) is 23.8 Å². The van der Waals surface area contributed by atoms with Crippen LogP contribution in [0.2, 0.25) is 0 Å². The zero-order valence-corrected chi connectivity index (χ0v) is 28.7. The third-order valence-electron chi connectivity index (χ3n) is 10.00. The molecule has 3 N–H and O–H groups in total. The number of hydrogen-bond donors (Lipinski definition) is 3. The molecule has 5 aliphatic rings. The van der Waals surface area contributed by atoms with Crippen molar-refractivity contribution in [2.45, 2.75) is 122 Å². The van der Waals surface area contributed by atoms with Gasteiger partial charge in [0.25, 0.3) is 0 Å². The third kappa shape index (κ3) is 7.00. The number of nitrogens with one attached hydrogen (secondary N) is 1. The predicted octanol–water partition coefficient (Wildman–Crippen LogP) is 5.52. The molecule has 5 rings (SSSR count). The second-order valence-corrected chi connectivity index (χ2v) is 14.4. The van der Waals surface area contributed by atoms with Crippen molar-refractivity contribution in [2.75, 3.05) is 13.7 Å². The van der Waals surface area contributed by atoms with Crippen molar-refractivity contribution in [3.05, 3.63) is 70.0 Å². The van der Waals surface area contributed by atoms with Crippen LogP contribution < -0.4 is 5.48 Å². The van der Waals surface area contributed by atoms with Gasteiger partial charge in [-0.1, -0.05) is 62.8 Å². The molecule has 1 spiro atoms. The lowest BCUT2D eigenvalue weighted by Crippen LogP contribution is -2.58. The number of rotatable bonds is 4. The average molecular weight is 640 g/mol. The molecule has 2 bridgehead atoms. The van der Waals surface area contributed by atoms with Gasteiger partial charge in [-0.25, -0.2) is 0 Å². The Labute approximate surface area is 274 Å². The lowest BCUT2D eigenvalue weighted by atomic mass is 9.71. The summed E-state index contributed by atoms with van der Waals surface area (Å²) in [7, 11) is 1.59. The van der Waals surface area contributed by atoms with Crippen molar-refractivity contribution in [2.24, 2.45) is 17.8 Å². The highest BCUT2D eigenvalue weighted by molar-refractivity contribution is 5.78. The number of ether oxygens (including phenoxy) is 4. The number of hydrogen-bond acceptors (Lipinski definition) is 9. The van der Waals surface area contributed by atoms with Gasteiger partial charge in [0.1, 0.15) is 35.9 Å². The van der Waals surface area contributed by atoms with Crippen LogP contribution >= 0.6 is 0 Å². The summed E-state index contributed by atoms with van der Waals surface area (Å²) < 4.78 is 26.0. The summed E-state index contributed by atoms with van der Waals surface area (Å²) >= 11 is 0. The fourth-order valence-electron chi connectivity index (χ4n) is 7.81. The molecule has 4 aliphatic heterocycles. The van der Waals surface area contributed by atoms with Gasteiger partial charge < -0.3 is 29.2 Å². The molecule has 9 nitrogen and oxygen atoms in total. The first kappa shape index (κ1) is 34.8. The van der Waals surface area contributed by atoms with Crippen LogP contribution in [0.3, 0.4) is 0 Å². The first-order valence-electron chi connectivity index (χ1n) is 16.7. The van der Waals surface area contributed by atoms with E-state index >= 15 is 0 Å². The molecule has 0 aromatic rings. The molecule has 0 saturated carbocycles. The largest absolute Gasteiger partial charge is 0.462 e. The van der Waals surface area contributed by atoms with Crippen LogP contribution in [-0.4, -0.2) is 71.8 Å². The second kappa shape index (κ2) is 13.9. The van der Waals surface area contributed by atoms with E-state index in [-0.39, 0.29) is 24.7 Å². The number of carbonyl (C=O) groups excluding carboxylic acids is 1. The van der Waals surface area contributed by atoms with Crippen LogP contribution in [0.15, 0.2) is 70.0 Å². The summed E-state index contributed by atoms with van der Waals surface area (Å²) in [5, 5.41) is 23.2. The molecule has 254 valence electrons. The topological polar surface area (TPSA) is 116 Å². The molecule has 0 aromatic heterocycles. The van der Waals surface area contributed by atoms with Crippen LogP contribution in [0.25, 0.3) is 0 Å². The van der Waals surface area contributed by atoms with Gasteiger partial charge in [-0.15, -0.1) is 0 Å². The Morgan fingerprint density at radius 2 is 1.96 bits per heavy atom. The van der Waals surface area contributed by atoms with Crippen LogP contribution in [0.5, 0.6) is 0 Å². The smallest absolute Gasteiger partial charge is 0.316 e. The zero-order valence-electron chi connectivity index (χ0n) is 28.7. The number of aliphatic hydroxyl groups excluding tert-OH is 1. The van der Waals surface area contributed by atoms with Gasteiger partial charge in [-0.3, -0.25) is 15.1 Å². The first-order chi connectivity index (χ1) is 21.8. The molecular weight excluding hydrogens is 586 g/mol. The van der Waals surface area contributed by atoms with E-state index in [1.54, 1.807) is 20.1 Å². The molecule has 9 unspecified atom stereocenters. The number of allylic oxidation sites excluding steroid dienone is 5. The Morgan fingerprint density at radius 1 is 1.20 bits per heavy atom. The van der Waals surface area contributed by atoms with E-state index in [2.05, 4.69) is 58.3 Å². The predicted molar refractivity (Wildman–Crippen MR) is 175 cm³/mol. The molecule has 0 amide bonds. The van der Waals surface area contributed by atoms with Crippen LogP contribution in [-0.2, 0) is 28.6 Å². The molecule has 0 radical (unpaired) electrons. The van der Waals surface area contributed by atoms with Crippen molar-refractivity contribution >= 4 is 5.97 Å². The molecule has 1 aliphatic carbocycles. The van der Waals surface area contributed by atoms with Crippen molar-refractivity contribution in [3.8, 4) is 0 Å². The minimum absolute atomic E-state index is 0.114. The molecule has 2 saturated heterocycles. The third-order valence-corrected chi connectivity index (χ3v) is 10.00. The minimum Gasteiger partial charge on any atom is -0.462 e. The zero-order chi connectivity index (χ0) is 33.4. The van der Waals surface area contributed by atoms with E-state index in [0.29, 0.717) is 42.7 Å². The summed E-state index contributed by atoms with van der Waals surface area (Å²) in [5.41, 5.74) is 6.67. The Balaban J connectivity index is 1.55. The van der Waals surface area contributed by atoms with E-state index in [0.717, 1.165) is 23.3 Å². The first-order valence-corrected chi connectivity index (χ1v) is 16.7. The highest BCUT2D eigenvalue weighted by Crippen LogP contribution is 2.47. The second-order valence-electron chi connectivity index (χ2n) is 14.4. The number of esters is 1. The van der Waals surface area contributed by atoms with Gasteiger partial charge in [0, 0.05) is 25.0 Å². The fourth-order valence-corrected chi connectivity index (χ4v) is 7.81. The summed E-state index contributed by atoms with van der Waals surface area (Å²) in [6.07, 6.45) is 11.4. The minimum atomic E-state index is -1.74. The summed E-state index contributed by atoms with van der Waals surface area (Å²) in [6.45, 7) is 14.5. The number of fused-ring (bicyclic) bond motifs is 2. The lowest BCUT2D eigenvalue weighted by Gasteiger charge is -2.49. The van der Waals surface area contributed by atoms with E-state index < -0.39 is 41.6 Å². The highest BCUT2D eigenvalue weighted by atomic mass is 16.7. The quantitative estimate of drug-likeness (QED) is 0.208. The highest BCUT2D eigenvalue weighted by Gasteiger charge is 2.60. The van der Waals surface area contributed by atoms with Gasteiger partial charge in [-0.2, -0.15) is 0 Å². The van der Waals surface area contributed by atoms with Gasteiger partial charge in [0.2, 0.25) is 0 Å². The van der Waals surface area contributed by atoms with E-state index in [1.807, 2.05) is 19.1 Å². The molecule has 9 atom stereocenters. The number of aliphatic hydroxyl groups is 2. The fraction of sp³-hybridized carbons (Fsp3) is 0.649. The standard InChI is InChI=1S/C37H53NO8/c1-21(2)14-25(6)33-26(7)31(38-42-8)19-36(46-33)18-29-17-28(45-36)13-12-23(4)15-22(3)10-9-11-27-20-43-34-32(39)24(5)16-30(35(40)44-29)37(27,34)41/h9-12,14,16,21-22,28-30,32-34,38-39,41H,13,15,17-20H2,1-8H3. The van der Waals surface area contributed by atoms with Gasteiger partial charge in [0.05, 0.1) is 19.8 Å². The maximum Gasteiger partial charge on any atom is 0.316 e. The normalized spacial score (nSPS) is 39.1. The Kier molecular flexibility index (Phi) is 10.5. The monoisotopic (exact) mass is 639 g/mol. The van der Waals surface area contributed by atoms with E-state index in [1.165, 1.54) is 5.57 Å². The maximum atomic E-state index is 14.2. The molecular formula is C37H53NO8. The van der Waals surface area contributed by atoms with Crippen molar-refractivity contribution in [1.29, 1.82) is 0 Å². The van der Waals surface area contributed by atoms with Crippen LogP contribution in [0, 0.1) is 17.8 Å². The lowest BCUT2D eigenvalue weighted by molar-refractivity contribution is -0.309. The van der Waals surface area contributed by atoms with Gasteiger partial charge in [-0.05, 0) is 74.7 Å². The van der Waals surface area contributed by atoms with Crippen LogP contribution in [0.1, 0.15) is 80.6 Å². The summed E-state index contributed by atoms with van der Waals surface area (Å²) in [6, 6.07) is 0. The average Bonchev–Trinajstić information content (AvgIpc) is 3.31.